The summed E-state index contributed by atoms with van der Waals surface area (Å²) < 4.78 is 32.2. The highest BCUT2D eigenvalue weighted by Gasteiger charge is 2.16. The van der Waals surface area contributed by atoms with Gasteiger partial charge in [-0.25, -0.2) is 23.1 Å². The minimum absolute atomic E-state index is 0.00855. The van der Waals surface area contributed by atoms with Crippen LogP contribution in [0, 0.1) is 18.6 Å². The van der Waals surface area contributed by atoms with E-state index in [2.05, 4.69) is 20.1 Å². The Morgan fingerprint density at radius 3 is 2.62 bits per heavy atom. The van der Waals surface area contributed by atoms with Crippen molar-refractivity contribution < 1.29 is 23.1 Å². The third-order valence-electron chi connectivity index (χ3n) is 3.67. The normalized spacial score (nSPS) is 10.8. The quantitative estimate of drug-likeness (QED) is 0.720. The number of halogens is 2. The molecule has 1 N–H and O–H groups in total. The van der Waals surface area contributed by atoms with E-state index in [9.17, 15) is 18.4 Å². The third kappa shape index (κ3) is 3.37. The molecule has 0 bridgehead atoms. The molecule has 2 aromatic heterocycles. The molecule has 2 heterocycles. The summed E-state index contributed by atoms with van der Waals surface area (Å²) in [6, 6.07) is 6.29. The predicted octanol–water partition coefficient (Wildman–Crippen LogP) is 2.03. The van der Waals surface area contributed by atoms with Crippen molar-refractivity contribution in [3.05, 3.63) is 64.6 Å². The molecular weight excluding hydrogens is 346 g/mol. The Labute approximate surface area is 146 Å². The fourth-order valence-electron chi connectivity index (χ4n) is 2.37. The first-order valence-electron chi connectivity index (χ1n) is 7.57. The van der Waals surface area contributed by atoms with Gasteiger partial charge in [-0.3, -0.25) is 4.79 Å². The summed E-state index contributed by atoms with van der Waals surface area (Å²) in [6.45, 7) is 1.71. The highest BCUT2D eigenvalue weighted by atomic mass is 19.2. The number of nitrogens with zero attached hydrogens (tertiary/aromatic N) is 3. The van der Waals surface area contributed by atoms with Gasteiger partial charge in [0.1, 0.15) is 5.69 Å². The molecular formula is C17H14F2N4O3. The molecule has 0 aliphatic heterocycles. The van der Waals surface area contributed by atoms with Crippen molar-refractivity contribution in [3.63, 3.8) is 0 Å². The first kappa shape index (κ1) is 17.5. The van der Waals surface area contributed by atoms with Crippen molar-refractivity contribution in [2.24, 2.45) is 0 Å². The molecule has 1 aromatic carbocycles. The molecule has 9 heteroatoms. The molecule has 0 saturated heterocycles. The zero-order chi connectivity index (χ0) is 18.8. The monoisotopic (exact) mass is 360 g/mol. The minimum Gasteiger partial charge on any atom is -0.464 e. The van der Waals surface area contributed by atoms with Gasteiger partial charge < -0.3 is 10.1 Å². The number of amides is 1. The van der Waals surface area contributed by atoms with Gasteiger partial charge in [0.05, 0.1) is 7.11 Å². The fourth-order valence-corrected chi connectivity index (χ4v) is 2.37. The zero-order valence-corrected chi connectivity index (χ0v) is 13.9. The van der Waals surface area contributed by atoms with Crippen LogP contribution < -0.4 is 5.32 Å². The molecule has 3 aromatic rings. The summed E-state index contributed by atoms with van der Waals surface area (Å²) >= 11 is 0. The Kier molecular flexibility index (Phi) is 4.61. The van der Waals surface area contributed by atoms with Gasteiger partial charge in [-0.1, -0.05) is 6.07 Å². The number of ether oxygens (including phenoxy) is 1. The van der Waals surface area contributed by atoms with E-state index >= 15 is 0 Å². The molecule has 3 rings (SSSR count). The first-order valence-corrected chi connectivity index (χ1v) is 7.57. The van der Waals surface area contributed by atoms with Crippen molar-refractivity contribution in [2.75, 3.05) is 7.11 Å². The van der Waals surface area contributed by atoms with Crippen LogP contribution in [0.15, 0.2) is 30.3 Å². The Morgan fingerprint density at radius 2 is 1.92 bits per heavy atom. The maximum absolute atomic E-state index is 13.2. The smallest absolute Gasteiger partial charge is 0.358 e. The second kappa shape index (κ2) is 6.87. The van der Waals surface area contributed by atoms with Gasteiger partial charge in [0.2, 0.25) is 0 Å². The molecule has 134 valence electrons. The van der Waals surface area contributed by atoms with Crippen molar-refractivity contribution >= 4 is 17.5 Å². The van der Waals surface area contributed by atoms with Crippen molar-refractivity contribution in [3.8, 4) is 0 Å². The zero-order valence-electron chi connectivity index (χ0n) is 13.9. The Balaban J connectivity index is 1.81. The Bertz CT molecular complexity index is 1020. The standard InChI is InChI=1S/C17H14F2N4O3/c1-9-5-13(21-15-7-14(17(25)26-2)22-23(9)15)16(24)20-8-10-3-4-11(18)12(19)6-10/h3-7H,8H2,1-2H3,(H,20,24). The van der Waals surface area contributed by atoms with Gasteiger partial charge in [0.25, 0.3) is 5.91 Å². The summed E-state index contributed by atoms with van der Waals surface area (Å²) in [4.78, 5) is 28.0. The topological polar surface area (TPSA) is 85.6 Å². The van der Waals surface area contributed by atoms with E-state index in [1.807, 2.05) is 0 Å². The number of benzene rings is 1. The van der Waals surface area contributed by atoms with E-state index in [1.165, 1.54) is 29.8 Å². The third-order valence-corrected chi connectivity index (χ3v) is 3.67. The maximum atomic E-state index is 13.2. The lowest BCUT2D eigenvalue weighted by Crippen LogP contribution is -2.24. The summed E-state index contributed by atoms with van der Waals surface area (Å²) in [6.07, 6.45) is 0. The maximum Gasteiger partial charge on any atom is 0.358 e. The SMILES string of the molecule is COC(=O)c1cc2nc(C(=O)NCc3ccc(F)c(F)c3)cc(C)n2n1. The van der Waals surface area contributed by atoms with Crippen LogP contribution in [0.3, 0.4) is 0 Å². The fraction of sp³-hybridized carbons (Fsp3) is 0.176. The van der Waals surface area contributed by atoms with Crippen LogP contribution in [-0.4, -0.2) is 33.6 Å². The number of carbonyl (C=O) groups excluding carboxylic acids is 2. The van der Waals surface area contributed by atoms with Crippen LogP contribution in [0.2, 0.25) is 0 Å². The number of methoxy groups -OCH3 is 1. The molecule has 0 spiro atoms. The molecule has 26 heavy (non-hydrogen) atoms. The van der Waals surface area contributed by atoms with Crippen LogP contribution in [0.1, 0.15) is 32.2 Å². The van der Waals surface area contributed by atoms with E-state index in [0.29, 0.717) is 16.9 Å². The highest BCUT2D eigenvalue weighted by Crippen LogP contribution is 2.11. The first-order chi connectivity index (χ1) is 12.4. The molecule has 0 aliphatic rings. The lowest BCUT2D eigenvalue weighted by Gasteiger charge is -2.07. The van der Waals surface area contributed by atoms with Crippen LogP contribution in [0.25, 0.3) is 5.65 Å². The van der Waals surface area contributed by atoms with Gasteiger partial charge in [0, 0.05) is 18.3 Å². The molecule has 0 aliphatic carbocycles. The summed E-state index contributed by atoms with van der Waals surface area (Å²) in [5.74, 6) is -3.05. The van der Waals surface area contributed by atoms with E-state index < -0.39 is 23.5 Å². The van der Waals surface area contributed by atoms with Crippen molar-refractivity contribution in [2.45, 2.75) is 13.5 Å². The van der Waals surface area contributed by atoms with Crippen LogP contribution in [0.5, 0.6) is 0 Å². The molecule has 0 fully saturated rings. The number of hydrogen-bond donors (Lipinski definition) is 1. The summed E-state index contributed by atoms with van der Waals surface area (Å²) in [5.41, 5.74) is 1.48. The van der Waals surface area contributed by atoms with E-state index in [4.69, 9.17) is 0 Å². The van der Waals surface area contributed by atoms with Crippen LogP contribution in [0.4, 0.5) is 8.78 Å². The number of hydrogen-bond acceptors (Lipinski definition) is 5. The molecule has 0 unspecified atom stereocenters. The number of rotatable bonds is 4. The van der Waals surface area contributed by atoms with E-state index in [-0.39, 0.29) is 17.9 Å². The summed E-state index contributed by atoms with van der Waals surface area (Å²) in [5, 5.41) is 6.65. The van der Waals surface area contributed by atoms with Crippen molar-refractivity contribution in [1.82, 2.24) is 19.9 Å². The van der Waals surface area contributed by atoms with Gasteiger partial charge in [0.15, 0.2) is 23.0 Å². The van der Waals surface area contributed by atoms with Gasteiger partial charge >= 0.3 is 5.97 Å². The Morgan fingerprint density at radius 1 is 1.15 bits per heavy atom. The minimum atomic E-state index is -0.985. The predicted molar refractivity (Wildman–Crippen MR) is 86.6 cm³/mol. The van der Waals surface area contributed by atoms with Gasteiger partial charge in [-0.15, -0.1) is 0 Å². The molecule has 0 atom stereocenters. The second-order valence-corrected chi connectivity index (χ2v) is 5.51. The number of nitrogens with one attached hydrogen (secondary N) is 1. The number of aromatic nitrogens is 3. The van der Waals surface area contributed by atoms with Crippen LogP contribution >= 0.6 is 0 Å². The molecule has 0 radical (unpaired) electrons. The number of fused-ring (bicyclic) bond motifs is 1. The van der Waals surface area contributed by atoms with E-state index in [0.717, 1.165) is 12.1 Å². The van der Waals surface area contributed by atoms with Crippen LogP contribution in [-0.2, 0) is 11.3 Å². The summed E-state index contributed by atoms with van der Waals surface area (Å²) in [7, 11) is 1.24. The molecule has 1 amide bonds. The molecule has 7 nitrogen and oxygen atoms in total. The average molecular weight is 360 g/mol. The van der Waals surface area contributed by atoms with Crippen molar-refractivity contribution in [1.29, 1.82) is 0 Å². The molecule has 0 saturated carbocycles. The second-order valence-electron chi connectivity index (χ2n) is 5.51. The highest BCUT2D eigenvalue weighted by molar-refractivity contribution is 5.93. The largest absolute Gasteiger partial charge is 0.464 e. The average Bonchev–Trinajstić information content (AvgIpc) is 3.06. The van der Waals surface area contributed by atoms with Gasteiger partial charge in [-0.05, 0) is 30.7 Å². The number of aryl methyl sites for hydroxylation is 1. The number of esters is 1. The number of carbonyl (C=O) groups is 2. The lowest BCUT2D eigenvalue weighted by atomic mass is 10.2. The Hall–Kier alpha value is -3.36. The van der Waals surface area contributed by atoms with E-state index in [1.54, 1.807) is 6.92 Å². The van der Waals surface area contributed by atoms with Gasteiger partial charge in [-0.2, -0.15) is 5.10 Å². The lowest BCUT2D eigenvalue weighted by molar-refractivity contribution is 0.0593.